The average molecular weight is 145 g/mol. The maximum absolute atomic E-state index is 7.06. The van der Waals surface area contributed by atoms with Gasteiger partial charge in [-0.05, 0) is 6.72 Å². The zero-order valence-electron chi connectivity index (χ0n) is 5.72. The summed E-state index contributed by atoms with van der Waals surface area (Å²) in [7, 11) is 3.27. The van der Waals surface area contributed by atoms with Crippen molar-refractivity contribution in [2.45, 2.75) is 7.43 Å². The summed E-state index contributed by atoms with van der Waals surface area (Å²) < 4.78 is 4.72. The lowest BCUT2D eigenvalue weighted by Crippen LogP contribution is -2.25. The fourth-order valence-corrected chi connectivity index (χ4v) is 0.376. The second kappa shape index (κ2) is 6.22. The lowest BCUT2D eigenvalue weighted by molar-refractivity contribution is 0.123. The average Bonchev–Trinajstić information content (AvgIpc) is 1.87. The van der Waals surface area contributed by atoms with Crippen LogP contribution in [-0.4, -0.2) is 38.5 Å². The van der Waals surface area contributed by atoms with Gasteiger partial charge in [-0.2, -0.15) is 0 Å². The molecule has 0 aromatic rings. The van der Waals surface area contributed by atoms with E-state index in [1.54, 1.807) is 14.2 Å². The van der Waals surface area contributed by atoms with E-state index in [-0.39, 0.29) is 13.4 Å². The molecule has 0 amide bonds. The molecule has 4 nitrogen and oxygen atoms in total. The van der Waals surface area contributed by atoms with Gasteiger partial charge in [-0.3, -0.25) is 5.41 Å². The van der Waals surface area contributed by atoms with E-state index >= 15 is 0 Å². The summed E-state index contributed by atoms with van der Waals surface area (Å²) in [6.07, 6.45) is 0. The van der Waals surface area contributed by atoms with Gasteiger partial charge < -0.3 is 9.64 Å². The van der Waals surface area contributed by atoms with Gasteiger partial charge in [0.25, 0.3) is 0 Å². The van der Waals surface area contributed by atoms with Crippen molar-refractivity contribution in [3.8, 4) is 0 Å². The highest BCUT2D eigenvalue weighted by molar-refractivity contribution is 5.80. The van der Waals surface area contributed by atoms with Crippen molar-refractivity contribution < 1.29 is 4.74 Å². The number of hydrogen-bond donors (Lipinski definition) is 1. The molecule has 0 heterocycles. The van der Waals surface area contributed by atoms with Crippen LogP contribution in [-0.2, 0) is 4.74 Å². The molecule has 0 aliphatic heterocycles. The second-order valence-electron chi connectivity index (χ2n) is 1.60. The normalized spacial score (nSPS) is 7.80. The molecule has 4 heteroatoms. The zero-order chi connectivity index (χ0) is 7.28. The molecule has 0 rings (SSSR count). The number of guanidine groups is 1. The third-order valence-electron chi connectivity index (χ3n) is 0.834. The highest BCUT2D eigenvalue weighted by Crippen LogP contribution is 1.83. The van der Waals surface area contributed by atoms with Gasteiger partial charge in [0.05, 0.1) is 0 Å². The largest absolute Gasteiger partial charge is 0.364 e. The monoisotopic (exact) mass is 145 g/mol. The first-order chi connectivity index (χ1) is 4.22. The van der Waals surface area contributed by atoms with E-state index in [0.717, 1.165) is 0 Å². The van der Waals surface area contributed by atoms with Gasteiger partial charge in [-0.1, -0.05) is 7.43 Å². The molecule has 0 bridgehead atoms. The standard InChI is InChI=1S/C5H11N3O.CH4/c1-7-5(6)8(2)4-9-3;/h6H,1,4H2,2-3H3;1H4. The Morgan fingerprint density at radius 3 is 2.60 bits per heavy atom. The van der Waals surface area contributed by atoms with Gasteiger partial charge in [0.2, 0.25) is 5.96 Å². The Hall–Kier alpha value is -0.900. The van der Waals surface area contributed by atoms with E-state index in [4.69, 9.17) is 10.1 Å². The van der Waals surface area contributed by atoms with Crippen molar-refractivity contribution >= 4 is 12.7 Å². The summed E-state index contributed by atoms with van der Waals surface area (Å²) in [4.78, 5) is 4.92. The lowest BCUT2D eigenvalue weighted by Gasteiger charge is -2.13. The quantitative estimate of drug-likeness (QED) is 0.355. The van der Waals surface area contributed by atoms with Crippen LogP contribution >= 0.6 is 0 Å². The number of aliphatic imine (C=N–C) groups is 1. The molecule has 1 N–H and O–H groups in total. The molecule has 0 aromatic carbocycles. The van der Waals surface area contributed by atoms with E-state index in [1.165, 1.54) is 4.90 Å². The van der Waals surface area contributed by atoms with E-state index < -0.39 is 0 Å². The smallest absolute Gasteiger partial charge is 0.218 e. The van der Waals surface area contributed by atoms with Crippen LogP contribution in [0.15, 0.2) is 4.99 Å². The van der Waals surface area contributed by atoms with Crippen LogP contribution in [0.25, 0.3) is 0 Å². The molecule has 0 unspecified atom stereocenters. The topological polar surface area (TPSA) is 48.7 Å². The molecule has 0 aliphatic carbocycles. The predicted molar refractivity (Wildman–Crippen MR) is 43.6 cm³/mol. The van der Waals surface area contributed by atoms with Crippen LogP contribution in [0.1, 0.15) is 7.43 Å². The molecule has 0 spiro atoms. The molecule has 10 heavy (non-hydrogen) atoms. The molecule has 0 radical (unpaired) electrons. The van der Waals surface area contributed by atoms with Crippen molar-refractivity contribution in [3.63, 3.8) is 0 Å². The fourth-order valence-electron chi connectivity index (χ4n) is 0.376. The molecule has 0 atom stereocenters. The number of nitrogens with one attached hydrogen (secondary N) is 1. The Bertz CT molecular complexity index is 114. The van der Waals surface area contributed by atoms with Crippen molar-refractivity contribution in [2.75, 3.05) is 20.9 Å². The molecular weight excluding hydrogens is 130 g/mol. The predicted octanol–water partition coefficient (Wildman–Crippen LogP) is 0.794. The van der Waals surface area contributed by atoms with E-state index in [1.807, 2.05) is 0 Å². The Balaban J connectivity index is 0. The molecule has 0 aliphatic rings. The third kappa shape index (κ3) is 4.03. The van der Waals surface area contributed by atoms with Crippen LogP contribution in [0.3, 0.4) is 0 Å². The number of nitrogens with zero attached hydrogens (tertiary/aromatic N) is 2. The maximum atomic E-state index is 7.06. The third-order valence-corrected chi connectivity index (χ3v) is 0.834. The molecule has 0 saturated carbocycles. The molecule has 60 valence electrons. The number of methoxy groups -OCH3 is 1. The maximum Gasteiger partial charge on any atom is 0.218 e. The summed E-state index contributed by atoms with van der Waals surface area (Å²) in [6.45, 7) is 3.57. The Morgan fingerprint density at radius 1 is 1.80 bits per heavy atom. The summed E-state index contributed by atoms with van der Waals surface area (Å²) in [5, 5.41) is 7.06. The van der Waals surface area contributed by atoms with Crippen molar-refractivity contribution in [1.82, 2.24) is 4.90 Å². The van der Waals surface area contributed by atoms with E-state index in [0.29, 0.717) is 6.73 Å². The number of rotatable bonds is 2. The molecule has 0 saturated heterocycles. The van der Waals surface area contributed by atoms with Crippen LogP contribution in [0.2, 0.25) is 0 Å². The van der Waals surface area contributed by atoms with E-state index in [2.05, 4.69) is 11.7 Å². The van der Waals surface area contributed by atoms with Crippen LogP contribution < -0.4 is 0 Å². The highest BCUT2D eigenvalue weighted by atomic mass is 16.5. The second-order valence-corrected chi connectivity index (χ2v) is 1.60. The van der Waals surface area contributed by atoms with Gasteiger partial charge in [0.1, 0.15) is 6.73 Å². The minimum atomic E-state index is 0. The first kappa shape index (κ1) is 11.8. The summed E-state index contributed by atoms with van der Waals surface area (Å²) in [5.74, 6) is 0.122. The van der Waals surface area contributed by atoms with Gasteiger partial charge in [0, 0.05) is 14.2 Å². The van der Waals surface area contributed by atoms with Crippen molar-refractivity contribution in [2.24, 2.45) is 4.99 Å². The van der Waals surface area contributed by atoms with Gasteiger partial charge >= 0.3 is 0 Å². The Labute approximate surface area is 62.0 Å². The molecule has 0 aromatic heterocycles. The van der Waals surface area contributed by atoms with Gasteiger partial charge in [0.15, 0.2) is 0 Å². The van der Waals surface area contributed by atoms with Crippen molar-refractivity contribution in [1.29, 1.82) is 5.41 Å². The van der Waals surface area contributed by atoms with E-state index in [9.17, 15) is 0 Å². The SMILES string of the molecule is C.C=NC(=N)N(C)COC. The van der Waals surface area contributed by atoms with Gasteiger partial charge in [-0.25, -0.2) is 4.99 Å². The first-order valence-electron chi connectivity index (χ1n) is 2.47. The number of ether oxygens (including phenoxy) is 1. The number of hydrogen-bond acceptors (Lipinski definition) is 2. The van der Waals surface area contributed by atoms with Crippen LogP contribution in [0, 0.1) is 5.41 Å². The van der Waals surface area contributed by atoms with Gasteiger partial charge in [-0.15, -0.1) is 0 Å². The Kier molecular flexibility index (Phi) is 7.37. The van der Waals surface area contributed by atoms with Crippen LogP contribution in [0.4, 0.5) is 0 Å². The minimum Gasteiger partial charge on any atom is -0.364 e. The van der Waals surface area contributed by atoms with Crippen molar-refractivity contribution in [3.05, 3.63) is 0 Å². The summed E-state index contributed by atoms with van der Waals surface area (Å²) >= 11 is 0. The molecular formula is C6H15N3O. The summed E-state index contributed by atoms with van der Waals surface area (Å²) in [6, 6.07) is 0. The Morgan fingerprint density at radius 2 is 2.30 bits per heavy atom. The van der Waals surface area contributed by atoms with Crippen LogP contribution in [0.5, 0.6) is 0 Å². The fraction of sp³-hybridized carbons (Fsp3) is 0.667. The zero-order valence-corrected chi connectivity index (χ0v) is 5.72. The minimum absolute atomic E-state index is 0. The highest BCUT2D eigenvalue weighted by Gasteiger charge is 1.97. The lowest BCUT2D eigenvalue weighted by atomic mass is 10.8. The first-order valence-corrected chi connectivity index (χ1v) is 2.47. The molecule has 0 fully saturated rings. The summed E-state index contributed by atoms with van der Waals surface area (Å²) in [5.41, 5.74) is 0.